The number of rotatable bonds is 3. The minimum Gasteiger partial charge on any atom is -0.373 e. The first-order valence-electron chi connectivity index (χ1n) is 5.90. The van der Waals surface area contributed by atoms with Gasteiger partial charge in [-0.25, -0.2) is 0 Å². The SMILES string of the molecule is CC1(CNc2cc(Cl)nc3ncnn23)CCCO1. The van der Waals surface area contributed by atoms with Gasteiger partial charge in [-0.1, -0.05) is 11.6 Å². The molecular weight excluding hydrogens is 254 g/mol. The minimum absolute atomic E-state index is 0.122. The number of halogens is 1. The molecule has 1 atom stereocenters. The predicted octanol–water partition coefficient (Wildman–Crippen LogP) is 1.76. The van der Waals surface area contributed by atoms with Gasteiger partial charge in [0.15, 0.2) is 0 Å². The van der Waals surface area contributed by atoms with Gasteiger partial charge < -0.3 is 10.1 Å². The van der Waals surface area contributed by atoms with E-state index in [2.05, 4.69) is 27.3 Å². The van der Waals surface area contributed by atoms with Crippen LogP contribution in [0.2, 0.25) is 5.15 Å². The fourth-order valence-electron chi connectivity index (χ4n) is 2.16. The van der Waals surface area contributed by atoms with Gasteiger partial charge in [-0.3, -0.25) is 0 Å². The van der Waals surface area contributed by atoms with Gasteiger partial charge in [0.2, 0.25) is 0 Å². The van der Waals surface area contributed by atoms with Gasteiger partial charge >= 0.3 is 0 Å². The minimum atomic E-state index is -0.122. The first-order chi connectivity index (χ1) is 8.66. The highest BCUT2D eigenvalue weighted by Gasteiger charge is 2.29. The lowest BCUT2D eigenvalue weighted by atomic mass is 10.0. The van der Waals surface area contributed by atoms with Crippen molar-refractivity contribution in [2.75, 3.05) is 18.5 Å². The zero-order chi connectivity index (χ0) is 12.6. The monoisotopic (exact) mass is 267 g/mol. The number of hydrogen-bond donors (Lipinski definition) is 1. The number of fused-ring (bicyclic) bond motifs is 1. The number of nitrogens with zero attached hydrogens (tertiary/aromatic N) is 4. The standard InChI is InChI=1S/C11H14ClN5O/c1-11(3-2-4-18-11)6-13-9-5-8(12)16-10-14-7-15-17(9)10/h5,7,13H,2-4,6H2,1H3. The fraction of sp³-hybridized carbons (Fsp3) is 0.545. The Kier molecular flexibility index (Phi) is 2.83. The molecule has 6 nitrogen and oxygen atoms in total. The third kappa shape index (κ3) is 2.13. The number of anilines is 1. The average molecular weight is 268 g/mol. The third-order valence-electron chi connectivity index (χ3n) is 3.16. The van der Waals surface area contributed by atoms with E-state index in [9.17, 15) is 0 Å². The van der Waals surface area contributed by atoms with Crippen molar-refractivity contribution in [3.8, 4) is 0 Å². The topological polar surface area (TPSA) is 64.3 Å². The van der Waals surface area contributed by atoms with E-state index in [4.69, 9.17) is 16.3 Å². The fourth-order valence-corrected chi connectivity index (χ4v) is 2.34. The highest BCUT2D eigenvalue weighted by Crippen LogP contribution is 2.25. The normalized spacial score (nSPS) is 23.7. The lowest BCUT2D eigenvalue weighted by molar-refractivity contribution is 0.0314. The maximum Gasteiger partial charge on any atom is 0.255 e. The first-order valence-corrected chi connectivity index (χ1v) is 6.28. The van der Waals surface area contributed by atoms with Crippen LogP contribution >= 0.6 is 11.6 Å². The molecule has 1 unspecified atom stereocenters. The molecule has 0 bridgehead atoms. The maximum atomic E-state index is 5.95. The van der Waals surface area contributed by atoms with Crippen molar-refractivity contribution < 1.29 is 4.74 Å². The van der Waals surface area contributed by atoms with Gasteiger partial charge in [0.1, 0.15) is 17.3 Å². The molecule has 1 fully saturated rings. The molecule has 0 radical (unpaired) electrons. The van der Waals surface area contributed by atoms with Crippen molar-refractivity contribution in [2.24, 2.45) is 0 Å². The largest absolute Gasteiger partial charge is 0.373 e. The van der Waals surface area contributed by atoms with Crippen molar-refractivity contribution in [3.05, 3.63) is 17.5 Å². The number of aromatic nitrogens is 4. The summed E-state index contributed by atoms with van der Waals surface area (Å²) in [5.74, 6) is 1.27. The molecular formula is C11H14ClN5O. The third-order valence-corrected chi connectivity index (χ3v) is 3.36. The van der Waals surface area contributed by atoms with Crippen molar-refractivity contribution in [2.45, 2.75) is 25.4 Å². The molecule has 0 aromatic carbocycles. The zero-order valence-corrected chi connectivity index (χ0v) is 10.8. The van der Waals surface area contributed by atoms with Crippen LogP contribution in [0.15, 0.2) is 12.4 Å². The van der Waals surface area contributed by atoms with Crippen LogP contribution in [0.3, 0.4) is 0 Å². The van der Waals surface area contributed by atoms with Crippen LogP contribution in [0.4, 0.5) is 5.82 Å². The lowest BCUT2D eigenvalue weighted by Crippen LogP contribution is -2.33. The summed E-state index contributed by atoms with van der Waals surface area (Å²) in [6, 6.07) is 1.74. The molecule has 1 saturated heterocycles. The van der Waals surface area contributed by atoms with Gasteiger partial charge in [0.05, 0.1) is 5.60 Å². The molecule has 1 N–H and O–H groups in total. The lowest BCUT2D eigenvalue weighted by Gasteiger charge is -2.24. The molecule has 96 valence electrons. The summed E-state index contributed by atoms with van der Waals surface area (Å²) >= 11 is 5.95. The maximum absolute atomic E-state index is 5.95. The van der Waals surface area contributed by atoms with Crippen molar-refractivity contribution >= 4 is 23.2 Å². The van der Waals surface area contributed by atoms with Crippen LogP contribution in [0, 0.1) is 0 Å². The Bertz CT molecular complexity index is 564. The summed E-state index contributed by atoms with van der Waals surface area (Å²) in [6.07, 6.45) is 3.62. The average Bonchev–Trinajstić information content (AvgIpc) is 2.95. The van der Waals surface area contributed by atoms with Crippen LogP contribution in [-0.4, -0.2) is 38.3 Å². The van der Waals surface area contributed by atoms with Gasteiger partial charge in [-0.2, -0.15) is 19.6 Å². The van der Waals surface area contributed by atoms with Crippen LogP contribution < -0.4 is 5.32 Å². The van der Waals surface area contributed by atoms with Gasteiger partial charge in [-0.15, -0.1) is 0 Å². The van der Waals surface area contributed by atoms with Gasteiger partial charge in [0.25, 0.3) is 5.78 Å². The summed E-state index contributed by atoms with van der Waals surface area (Å²) in [4.78, 5) is 8.10. The number of hydrogen-bond acceptors (Lipinski definition) is 5. The van der Waals surface area contributed by atoms with E-state index >= 15 is 0 Å². The Morgan fingerprint density at radius 3 is 3.28 bits per heavy atom. The number of nitrogens with one attached hydrogen (secondary N) is 1. The predicted molar refractivity (Wildman–Crippen MR) is 67.9 cm³/mol. The second-order valence-corrected chi connectivity index (χ2v) is 5.08. The number of ether oxygens (including phenoxy) is 1. The molecule has 2 aromatic rings. The Hall–Kier alpha value is -1.40. The molecule has 1 aliphatic rings. The molecule has 7 heteroatoms. The Labute approximate surface area is 109 Å². The van der Waals surface area contributed by atoms with E-state index in [0.717, 1.165) is 25.3 Å². The first kappa shape index (κ1) is 11.7. The van der Waals surface area contributed by atoms with Crippen LogP contribution in [-0.2, 0) is 4.74 Å². The van der Waals surface area contributed by atoms with Crippen molar-refractivity contribution in [3.63, 3.8) is 0 Å². The quantitative estimate of drug-likeness (QED) is 0.859. The molecule has 0 saturated carbocycles. The van der Waals surface area contributed by atoms with E-state index in [0.29, 0.717) is 17.5 Å². The smallest absolute Gasteiger partial charge is 0.255 e. The van der Waals surface area contributed by atoms with E-state index < -0.39 is 0 Å². The summed E-state index contributed by atoms with van der Waals surface area (Å²) in [7, 11) is 0. The molecule has 3 heterocycles. The van der Waals surface area contributed by atoms with E-state index in [-0.39, 0.29) is 5.60 Å². The zero-order valence-electron chi connectivity index (χ0n) is 10.1. The molecule has 0 aliphatic carbocycles. The van der Waals surface area contributed by atoms with Gasteiger partial charge in [0, 0.05) is 19.2 Å². The molecule has 2 aromatic heterocycles. The van der Waals surface area contributed by atoms with Crippen molar-refractivity contribution in [1.29, 1.82) is 0 Å². The van der Waals surface area contributed by atoms with Gasteiger partial charge in [-0.05, 0) is 19.8 Å². The summed E-state index contributed by atoms with van der Waals surface area (Å²) in [6.45, 7) is 3.64. The Balaban J connectivity index is 1.83. The van der Waals surface area contributed by atoms with E-state index in [1.54, 1.807) is 10.6 Å². The van der Waals surface area contributed by atoms with E-state index in [1.165, 1.54) is 6.33 Å². The Morgan fingerprint density at radius 1 is 1.61 bits per heavy atom. The molecule has 3 rings (SSSR count). The highest BCUT2D eigenvalue weighted by atomic mass is 35.5. The highest BCUT2D eigenvalue weighted by molar-refractivity contribution is 6.29. The molecule has 18 heavy (non-hydrogen) atoms. The summed E-state index contributed by atoms with van der Waals surface area (Å²) in [5.41, 5.74) is -0.122. The second-order valence-electron chi connectivity index (χ2n) is 4.69. The van der Waals surface area contributed by atoms with Crippen LogP contribution in [0.5, 0.6) is 0 Å². The second kappa shape index (κ2) is 4.37. The van der Waals surface area contributed by atoms with E-state index in [1.807, 2.05) is 0 Å². The van der Waals surface area contributed by atoms with Crippen LogP contribution in [0.1, 0.15) is 19.8 Å². The van der Waals surface area contributed by atoms with Crippen molar-refractivity contribution in [1.82, 2.24) is 19.6 Å². The summed E-state index contributed by atoms with van der Waals surface area (Å²) < 4.78 is 7.36. The Morgan fingerprint density at radius 2 is 2.50 bits per heavy atom. The molecule has 0 amide bonds. The van der Waals surface area contributed by atoms with Crippen LogP contribution in [0.25, 0.3) is 5.78 Å². The summed E-state index contributed by atoms with van der Waals surface area (Å²) in [5, 5.41) is 7.82. The molecule has 1 aliphatic heterocycles. The molecule has 0 spiro atoms.